The van der Waals surface area contributed by atoms with Crippen LogP contribution in [-0.2, 0) is 11.3 Å². The van der Waals surface area contributed by atoms with Gasteiger partial charge in [-0.25, -0.2) is 4.98 Å². The largest absolute Gasteiger partial charge is 0.324 e. The lowest BCUT2D eigenvalue weighted by molar-refractivity contribution is -0.115. The molecule has 0 aliphatic rings. The summed E-state index contributed by atoms with van der Waals surface area (Å²) >= 11 is 1.29. The van der Waals surface area contributed by atoms with Crippen molar-refractivity contribution in [1.82, 2.24) is 19.7 Å². The molecule has 0 fully saturated rings. The molecule has 2 heterocycles. The number of carbonyl (C=O) groups is 1. The molecule has 0 aliphatic carbocycles. The van der Waals surface area contributed by atoms with Gasteiger partial charge < -0.3 is 9.88 Å². The number of nitriles is 1. The van der Waals surface area contributed by atoms with Crippen LogP contribution in [0.5, 0.6) is 0 Å². The molecule has 2 aromatic carbocycles. The van der Waals surface area contributed by atoms with Gasteiger partial charge in [0.2, 0.25) is 11.1 Å². The van der Waals surface area contributed by atoms with Gasteiger partial charge in [-0.1, -0.05) is 55.9 Å². The minimum Gasteiger partial charge on any atom is -0.324 e. The van der Waals surface area contributed by atoms with Crippen molar-refractivity contribution in [1.29, 1.82) is 5.26 Å². The zero-order chi connectivity index (χ0) is 21.8. The molecular formula is C23H22N6OS. The molecule has 7 nitrogen and oxygen atoms in total. The highest BCUT2D eigenvalue weighted by molar-refractivity contribution is 8.00. The van der Waals surface area contributed by atoms with E-state index < -0.39 is 5.25 Å². The summed E-state index contributed by atoms with van der Waals surface area (Å²) in [6.45, 7) is 4.89. The van der Waals surface area contributed by atoms with Gasteiger partial charge in [0.05, 0.1) is 22.0 Å². The first-order chi connectivity index (χ1) is 15.2. The molecule has 0 saturated carbocycles. The van der Waals surface area contributed by atoms with Crippen molar-refractivity contribution >= 4 is 45.4 Å². The summed E-state index contributed by atoms with van der Waals surface area (Å²) in [5, 5.41) is 21.9. The Morgan fingerprint density at radius 2 is 1.94 bits per heavy atom. The molecule has 4 rings (SSSR count). The average molecular weight is 431 g/mol. The summed E-state index contributed by atoms with van der Waals surface area (Å²) < 4.78 is 2.16. The Labute approximate surface area is 184 Å². The highest BCUT2D eigenvalue weighted by atomic mass is 32.2. The van der Waals surface area contributed by atoms with E-state index in [1.165, 1.54) is 11.8 Å². The summed E-state index contributed by atoms with van der Waals surface area (Å²) in [5.74, 6) is -0.187. The number of carbonyl (C=O) groups excluding carboxylic acids is 1. The number of hydrogen-bond acceptors (Lipinski definition) is 6. The summed E-state index contributed by atoms with van der Waals surface area (Å²) in [7, 11) is 0. The molecule has 1 atom stereocenters. The van der Waals surface area contributed by atoms with Crippen molar-refractivity contribution in [2.24, 2.45) is 0 Å². The summed E-state index contributed by atoms with van der Waals surface area (Å²) in [4.78, 5) is 17.6. The van der Waals surface area contributed by atoms with Crippen LogP contribution in [0.4, 0.5) is 5.69 Å². The molecule has 8 heteroatoms. The van der Waals surface area contributed by atoms with Crippen LogP contribution >= 0.6 is 11.8 Å². The zero-order valence-electron chi connectivity index (χ0n) is 17.4. The predicted molar refractivity (Wildman–Crippen MR) is 123 cm³/mol. The second-order valence-electron chi connectivity index (χ2n) is 7.10. The van der Waals surface area contributed by atoms with Crippen molar-refractivity contribution in [3.8, 4) is 6.07 Å². The van der Waals surface area contributed by atoms with Gasteiger partial charge in [-0.2, -0.15) is 5.26 Å². The van der Waals surface area contributed by atoms with Gasteiger partial charge in [0, 0.05) is 11.9 Å². The number of fused-ring (bicyclic) bond motifs is 3. The second kappa shape index (κ2) is 9.14. The van der Waals surface area contributed by atoms with Gasteiger partial charge in [0.1, 0.15) is 11.6 Å². The number of para-hydroxylation sites is 2. The molecule has 0 spiro atoms. The summed E-state index contributed by atoms with van der Waals surface area (Å²) in [5.41, 5.74) is 3.58. The van der Waals surface area contributed by atoms with Crippen LogP contribution in [0.15, 0.2) is 53.7 Å². The number of nitrogens with zero attached hydrogens (tertiary/aromatic N) is 5. The molecule has 0 saturated heterocycles. The lowest BCUT2D eigenvalue weighted by Crippen LogP contribution is -2.25. The van der Waals surface area contributed by atoms with E-state index in [0.29, 0.717) is 22.8 Å². The Balaban J connectivity index is 1.63. The molecule has 1 N–H and O–H groups in total. The van der Waals surface area contributed by atoms with Gasteiger partial charge in [-0.05, 0) is 31.0 Å². The maximum absolute atomic E-state index is 12.9. The van der Waals surface area contributed by atoms with Gasteiger partial charge in [0.15, 0.2) is 5.65 Å². The topological polar surface area (TPSA) is 96.5 Å². The van der Waals surface area contributed by atoms with E-state index in [1.807, 2.05) is 25.1 Å². The molecule has 0 radical (unpaired) electrons. The molecule has 0 aliphatic heterocycles. The first-order valence-corrected chi connectivity index (χ1v) is 11.1. The summed E-state index contributed by atoms with van der Waals surface area (Å²) in [6.07, 6.45) is 1.56. The van der Waals surface area contributed by atoms with Crippen LogP contribution in [0.1, 0.15) is 32.3 Å². The van der Waals surface area contributed by atoms with Crippen LogP contribution < -0.4 is 5.32 Å². The molecule has 4 aromatic rings. The predicted octanol–water partition coefficient (Wildman–Crippen LogP) is 4.77. The minimum atomic E-state index is -0.407. The van der Waals surface area contributed by atoms with Gasteiger partial charge in [-0.15, -0.1) is 10.2 Å². The number of anilines is 1. The maximum Gasteiger partial charge on any atom is 0.238 e. The van der Waals surface area contributed by atoms with E-state index >= 15 is 0 Å². The van der Waals surface area contributed by atoms with Crippen LogP contribution in [0, 0.1) is 11.3 Å². The van der Waals surface area contributed by atoms with Crippen molar-refractivity contribution in [2.75, 3.05) is 5.32 Å². The van der Waals surface area contributed by atoms with E-state index in [1.54, 1.807) is 24.3 Å². The average Bonchev–Trinajstić information content (AvgIpc) is 3.11. The van der Waals surface area contributed by atoms with Crippen LogP contribution in [0.3, 0.4) is 0 Å². The van der Waals surface area contributed by atoms with Gasteiger partial charge >= 0.3 is 0 Å². The highest BCUT2D eigenvalue weighted by Gasteiger charge is 2.22. The third-order valence-corrected chi connectivity index (χ3v) is 6.23. The van der Waals surface area contributed by atoms with Crippen molar-refractivity contribution < 1.29 is 4.79 Å². The number of nitrogens with one attached hydrogen (secondary N) is 1. The number of aryl methyl sites for hydroxylation is 1. The standard InChI is InChI=1S/C23H22N6OS/c1-3-13-29-18-12-8-6-10-16(18)20-21(29)26-23(28-27-20)31-19(4-2)22(30)25-17-11-7-5-9-15(17)14-24/h5-12,19H,3-4,13H2,1-2H3,(H,25,30). The SMILES string of the molecule is CCCn1c2ccccc2c2nnc(SC(CC)C(=O)Nc3ccccc3C#N)nc21. The third-order valence-electron chi connectivity index (χ3n) is 5.02. The number of benzene rings is 2. The van der Waals surface area contributed by atoms with E-state index in [4.69, 9.17) is 4.98 Å². The number of thioether (sulfide) groups is 1. The van der Waals surface area contributed by atoms with E-state index in [9.17, 15) is 10.1 Å². The Bertz CT molecular complexity index is 1290. The van der Waals surface area contributed by atoms with Crippen LogP contribution in [-0.4, -0.2) is 30.9 Å². The highest BCUT2D eigenvalue weighted by Crippen LogP contribution is 2.29. The molecule has 0 bridgehead atoms. The van der Waals surface area contributed by atoms with Crippen molar-refractivity contribution in [3.05, 3.63) is 54.1 Å². The molecule has 156 valence electrons. The Morgan fingerprint density at radius 1 is 1.16 bits per heavy atom. The zero-order valence-corrected chi connectivity index (χ0v) is 18.2. The van der Waals surface area contributed by atoms with E-state index in [2.05, 4.69) is 39.1 Å². The number of aromatic nitrogens is 4. The molecule has 2 aromatic heterocycles. The summed E-state index contributed by atoms with van der Waals surface area (Å²) in [6, 6.07) is 17.1. The fraction of sp³-hybridized carbons (Fsp3) is 0.261. The lowest BCUT2D eigenvalue weighted by atomic mass is 10.2. The fourth-order valence-corrected chi connectivity index (χ4v) is 4.36. The molecule has 31 heavy (non-hydrogen) atoms. The first-order valence-electron chi connectivity index (χ1n) is 10.2. The normalized spacial score (nSPS) is 12.0. The van der Waals surface area contributed by atoms with Gasteiger partial charge in [0.25, 0.3) is 0 Å². The first kappa shape index (κ1) is 20.8. The Morgan fingerprint density at radius 3 is 2.71 bits per heavy atom. The molecule has 1 amide bonds. The molecular weight excluding hydrogens is 408 g/mol. The Kier molecular flexibility index (Phi) is 6.14. The number of rotatable bonds is 7. The number of amides is 1. The Hall–Kier alpha value is -3.44. The molecule has 1 unspecified atom stereocenters. The monoisotopic (exact) mass is 430 g/mol. The number of hydrogen-bond donors (Lipinski definition) is 1. The lowest BCUT2D eigenvalue weighted by Gasteiger charge is -2.14. The van der Waals surface area contributed by atoms with Crippen molar-refractivity contribution in [3.63, 3.8) is 0 Å². The third kappa shape index (κ3) is 4.09. The quantitative estimate of drug-likeness (QED) is 0.424. The van der Waals surface area contributed by atoms with Gasteiger partial charge in [-0.3, -0.25) is 4.79 Å². The van der Waals surface area contributed by atoms with E-state index in [0.717, 1.165) is 35.0 Å². The smallest absolute Gasteiger partial charge is 0.238 e. The van der Waals surface area contributed by atoms with Crippen LogP contribution in [0.25, 0.3) is 22.1 Å². The fourth-order valence-electron chi connectivity index (χ4n) is 3.54. The van der Waals surface area contributed by atoms with Crippen molar-refractivity contribution in [2.45, 2.75) is 43.6 Å². The maximum atomic E-state index is 12.9. The van der Waals surface area contributed by atoms with E-state index in [-0.39, 0.29) is 5.91 Å². The van der Waals surface area contributed by atoms with Crippen LogP contribution in [0.2, 0.25) is 0 Å². The second-order valence-corrected chi connectivity index (χ2v) is 8.27. The minimum absolute atomic E-state index is 0.187.